The lowest BCUT2D eigenvalue weighted by atomic mass is 9.78. The first kappa shape index (κ1) is 24.6. The molecule has 6 heteroatoms. The van der Waals surface area contributed by atoms with Crippen LogP contribution in [0.4, 0.5) is 0 Å². The van der Waals surface area contributed by atoms with Gasteiger partial charge in [0.15, 0.2) is 0 Å². The number of pyridine rings is 1. The highest BCUT2D eigenvalue weighted by Crippen LogP contribution is 2.39. The number of nitrogens with zero attached hydrogens (tertiary/aromatic N) is 2. The summed E-state index contributed by atoms with van der Waals surface area (Å²) in [6.45, 7) is 12.4. The molecule has 0 saturated heterocycles. The maximum absolute atomic E-state index is 13.2. The number of hydrazone groups is 1. The van der Waals surface area contributed by atoms with Crippen LogP contribution in [0.2, 0.25) is 0 Å². The molecule has 0 saturated carbocycles. The van der Waals surface area contributed by atoms with Gasteiger partial charge in [0.2, 0.25) is 0 Å². The Kier molecular flexibility index (Phi) is 6.52. The molecule has 0 radical (unpaired) electrons. The van der Waals surface area contributed by atoms with Crippen molar-refractivity contribution in [1.82, 2.24) is 10.4 Å². The Labute approximate surface area is 210 Å². The normalized spacial score (nSPS) is 12.4. The van der Waals surface area contributed by atoms with Crippen LogP contribution in [0.5, 0.6) is 5.75 Å². The first-order valence-corrected chi connectivity index (χ1v) is 12.5. The number of aromatic hydroxyl groups is 1. The van der Waals surface area contributed by atoms with E-state index >= 15 is 0 Å². The molecule has 2 aromatic carbocycles. The van der Waals surface area contributed by atoms with Gasteiger partial charge in [-0.1, -0.05) is 65.8 Å². The van der Waals surface area contributed by atoms with Gasteiger partial charge < -0.3 is 5.11 Å². The summed E-state index contributed by atoms with van der Waals surface area (Å²) in [7, 11) is 0. The second-order valence-corrected chi connectivity index (χ2v) is 11.7. The number of hydrogen-bond acceptors (Lipinski definition) is 5. The molecular weight excluding hydrogens is 454 g/mol. The number of hydrogen-bond donors (Lipinski definition) is 2. The zero-order valence-electron chi connectivity index (χ0n) is 21.0. The summed E-state index contributed by atoms with van der Waals surface area (Å²) in [5.41, 5.74) is 6.75. The van der Waals surface area contributed by atoms with Gasteiger partial charge in [-0.2, -0.15) is 5.10 Å². The van der Waals surface area contributed by atoms with Crippen LogP contribution in [0.1, 0.15) is 68.6 Å². The Hall–Kier alpha value is -3.51. The molecule has 2 aromatic heterocycles. The van der Waals surface area contributed by atoms with Crippen LogP contribution in [-0.2, 0) is 10.8 Å². The minimum absolute atomic E-state index is 0.245. The molecule has 0 unspecified atom stereocenters. The van der Waals surface area contributed by atoms with Crippen molar-refractivity contribution < 1.29 is 9.90 Å². The lowest BCUT2D eigenvalue weighted by Gasteiger charge is -2.27. The number of benzene rings is 2. The third-order valence-corrected chi connectivity index (χ3v) is 6.75. The van der Waals surface area contributed by atoms with E-state index in [1.807, 2.05) is 60.0 Å². The first-order chi connectivity index (χ1) is 16.4. The summed E-state index contributed by atoms with van der Waals surface area (Å²) >= 11 is 1.58. The number of para-hydroxylation sites is 1. The summed E-state index contributed by atoms with van der Waals surface area (Å²) in [6, 6.07) is 17.2. The van der Waals surface area contributed by atoms with Crippen LogP contribution < -0.4 is 5.43 Å². The Morgan fingerprint density at radius 3 is 2.23 bits per heavy atom. The van der Waals surface area contributed by atoms with E-state index in [1.165, 1.54) is 0 Å². The molecule has 2 heterocycles. The third kappa shape index (κ3) is 5.28. The van der Waals surface area contributed by atoms with Crippen molar-refractivity contribution in [3.8, 4) is 16.3 Å². The second-order valence-electron chi connectivity index (χ2n) is 10.7. The van der Waals surface area contributed by atoms with Crippen molar-refractivity contribution in [2.24, 2.45) is 5.10 Å². The molecule has 0 aliphatic heterocycles. The van der Waals surface area contributed by atoms with Gasteiger partial charge in [0.05, 0.1) is 27.9 Å². The molecule has 4 aromatic rings. The molecule has 0 aliphatic rings. The van der Waals surface area contributed by atoms with E-state index in [0.29, 0.717) is 11.3 Å². The molecule has 180 valence electrons. The molecular formula is C29H31N3O2S. The Balaban J connectivity index is 1.68. The topological polar surface area (TPSA) is 74.6 Å². The van der Waals surface area contributed by atoms with Crippen molar-refractivity contribution >= 4 is 34.4 Å². The van der Waals surface area contributed by atoms with Crippen molar-refractivity contribution in [3.05, 3.63) is 82.2 Å². The number of thiophene rings is 1. The zero-order valence-corrected chi connectivity index (χ0v) is 21.8. The Morgan fingerprint density at radius 2 is 1.63 bits per heavy atom. The van der Waals surface area contributed by atoms with Crippen molar-refractivity contribution in [1.29, 1.82) is 0 Å². The first-order valence-electron chi connectivity index (χ1n) is 11.6. The summed E-state index contributed by atoms with van der Waals surface area (Å²) < 4.78 is 0. The van der Waals surface area contributed by atoms with E-state index in [9.17, 15) is 9.90 Å². The van der Waals surface area contributed by atoms with Gasteiger partial charge in [0.25, 0.3) is 5.91 Å². The number of phenolic OH excluding ortho intramolecular Hbond substituents is 1. The van der Waals surface area contributed by atoms with E-state index in [1.54, 1.807) is 17.6 Å². The largest absolute Gasteiger partial charge is 0.507 e. The van der Waals surface area contributed by atoms with Gasteiger partial charge in [0.1, 0.15) is 5.75 Å². The minimum Gasteiger partial charge on any atom is -0.507 e. The van der Waals surface area contributed by atoms with Crippen LogP contribution in [-0.4, -0.2) is 22.2 Å². The molecule has 0 aliphatic carbocycles. The van der Waals surface area contributed by atoms with Crippen LogP contribution in [0.15, 0.2) is 65.1 Å². The predicted molar refractivity (Wildman–Crippen MR) is 146 cm³/mol. The molecule has 4 rings (SSSR count). The number of rotatable bonds is 4. The van der Waals surface area contributed by atoms with E-state index in [-0.39, 0.29) is 16.7 Å². The molecule has 1 amide bonds. The summed E-state index contributed by atoms with van der Waals surface area (Å²) in [4.78, 5) is 18.9. The maximum Gasteiger partial charge on any atom is 0.272 e. The minimum atomic E-state index is -0.302. The summed E-state index contributed by atoms with van der Waals surface area (Å²) in [5, 5.41) is 18.0. The summed E-state index contributed by atoms with van der Waals surface area (Å²) in [5.74, 6) is 0.0130. The highest BCUT2D eigenvalue weighted by Gasteiger charge is 2.26. The second kappa shape index (κ2) is 9.27. The number of nitrogens with one attached hydrogen (secondary N) is 1. The maximum atomic E-state index is 13.2. The van der Waals surface area contributed by atoms with Crippen molar-refractivity contribution in [2.45, 2.75) is 52.4 Å². The molecule has 2 N–H and O–H groups in total. The SMILES string of the molecule is CC(C)(C)c1cc(/C=N/NC(=O)c2cc(-c3cccs3)nc3ccccc23)cc(C(C)(C)C)c1O. The molecule has 5 nitrogen and oxygen atoms in total. The molecule has 0 spiro atoms. The number of carbonyl (C=O) groups excluding carboxylic acids is 1. The highest BCUT2D eigenvalue weighted by atomic mass is 32.1. The van der Waals surface area contributed by atoms with Gasteiger partial charge in [-0.25, -0.2) is 10.4 Å². The molecule has 0 fully saturated rings. The Bertz CT molecular complexity index is 1370. The lowest BCUT2D eigenvalue weighted by Crippen LogP contribution is -2.19. The monoisotopic (exact) mass is 485 g/mol. The van der Waals surface area contributed by atoms with Crippen LogP contribution in [0.25, 0.3) is 21.5 Å². The van der Waals surface area contributed by atoms with Gasteiger partial charge in [-0.3, -0.25) is 4.79 Å². The number of aromatic nitrogens is 1. The lowest BCUT2D eigenvalue weighted by molar-refractivity contribution is 0.0956. The molecule has 0 atom stereocenters. The summed E-state index contributed by atoms with van der Waals surface area (Å²) in [6.07, 6.45) is 1.63. The van der Waals surface area contributed by atoms with Crippen LogP contribution in [0, 0.1) is 0 Å². The smallest absolute Gasteiger partial charge is 0.272 e. The standard InChI is InChI=1S/C29H31N3O2S/c1-28(2,3)21-14-18(15-22(26(21)33)29(4,5)6)17-30-32-27(34)20-16-24(25-12-9-13-35-25)31-23-11-8-7-10-19(20)23/h7-17,33H,1-6H3,(H,32,34)/b30-17+. The highest BCUT2D eigenvalue weighted by molar-refractivity contribution is 7.13. The van der Waals surface area contributed by atoms with Crippen molar-refractivity contribution in [3.63, 3.8) is 0 Å². The number of phenols is 1. The predicted octanol–water partition coefficient (Wildman–Crippen LogP) is 7.03. The fourth-order valence-corrected chi connectivity index (χ4v) is 4.70. The number of carbonyl (C=O) groups is 1. The van der Waals surface area contributed by atoms with E-state index in [2.05, 4.69) is 52.1 Å². The van der Waals surface area contributed by atoms with Crippen molar-refractivity contribution in [2.75, 3.05) is 0 Å². The third-order valence-electron chi connectivity index (χ3n) is 5.86. The van der Waals surface area contributed by atoms with Gasteiger partial charge in [-0.15, -0.1) is 11.3 Å². The number of amides is 1. The quantitative estimate of drug-likeness (QED) is 0.241. The zero-order chi connectivity index (χ0) is 25.4. The molecule has 0 bridgehead atoms. The average Bonchev–Trinajstić information content (AvgIpc) is 3.32. The fourth-order valence-electron chi connectivity index (χ4n) is 4.01. The van der Waals surface area contributed by atoms with E-state index in [4.69, 9.17) is 4.98 Å². The average molecular weight is 486 g/mol. The van der Waals surface area contributed by atoms with Gasteiger partial charge in [0, 0.05) is 16.5 Å². The molecule has 35 heavy (non-hydrogen) atoms. The van der Waals surface area contributed by atoms with Gasteiger partial charge in [-0.05, 0) is 52.1 Å². The van der Waals surface area contributed by atoms with Crippen LogP contribution in [0.3, 0.4) is 0 Å². The Morgan fingerprint density at radius 1 is 0.971 bits per heavy atom. The van der Waals surface area contributed by atoms with Gasteiger partial charge >= 0.3 is 0 Å². The van der Waals surface area contributed by atoms with Crippen LogP contribution >= 0.6 is 11.3 Å². The fraction of sp³-hybridized carbons (Fsp3) is 0.276. The number of fused-ring (bicyclic) bond motifs is 1. The van der Waals surface area contributed by atoms with E-state index in [0.717, 1.165) is 38.2 Å². The van der Waals surface area contributed by atoms with E-state index < -0.39 is 0 Å².